The summed E-state index contributed by atoms with van der Waals surface area (Å²) in [7, 11) is 0. The van der Waals surface area contributed by atoms with Gasteiger partial charge in [-0.15, -0.1) is 6.58 Å². The Kier molecular flexibility index (Phi) is 5.39. The molecule has 3 rings (SSSR count). The number of benzene rings is 1. The minimum Gasteiger partial charge on any atom is -0.449 e. The maximum absolute atomic E-state index is 12.4. The Bertz CT molecular complexity index is 811. The predicted molar refractivity (Wildman–Crippen MR) is 97.3 cm³/mol. The van der Waals surface area contributed by atoms with E-state index < -0.39 is 23.9 Å². The zero-order chi connectivity index (χ0) is 19.6. The van der Waals surface area contributed by atoms with Gasteiger partial charge in [0.25, 0.3) is 17.7 Å². The van der Waals surface area contributed by atoms with E-state index in [1.807, 2.05) is 0 Å². The van der Waals surface area contributed by atoms with E-state index >= 15 is 0 Å². The quantitative estimate of drug-likeness (QED) is 0.470. The van der Waals surface area contributed by atoms with Crippen LogP contribution in [0.4, 0.5) is 0 Å². The molecular weight excluding hydrogens is 348 g/mol. The van der Waals surface area contributed by atoms with E-state index in [-0.39, 0.29) is 35.2 Å². The van der Waals surface area contributed by atoms with E-state index in [0.717, 1.165) is 30.6 Å². The number of ether oxygens (including phenoxy) is 1. The Morgan fingerprint density at radius 1 is 1.26 bits per heavy atom. The van der Waals surface area contributed by atoms with Crippen LogP contribution in [0.1, 0.15) is 63.7 Å². The Balaban J connectivity index is 1.68. The van der Waals surface area contributed by atoms with Crippen LogP contribution in [0.15, 0.2) is 30.9 Å². The van der Waals surface area contributed by atoms with Gasteiger partial charge in [-0.3, -0.25) is 19.3 Å². The lowest BCUT2D eigenvalue weighted by molar-refractivity contribution is -0.129. The summed E-state index contributed by atoms with van der Waals surface area (Å²) in [6, 6.07) is 4.32. The molecule has 1 atom stereocenters. The minimum atomic E-state index is -0.944. The number of nitrogens with one attached hydrogen (secondary N) is 1. The van der Waals surface area contributed by atoms with Crippen molar-refractivity contribution in [3.8, 4) is 0 Å². The molecule has 1 N–H and O–H groups in total. The zero-order valence-electron chi connectivity index (χ0n) is 15.2. The van der Waals surface area contributed by atoms with Crippen LogP contribution in [-0.4, -0.2) is 47.3 Å². The van der Waals surface area contributed by atoms with Gasteiger partial charge in [0.2, 0.25) is 0 Å². The van der Waals surface area contributed by atoms with Crippen molar-refractivity contribution in [2.24, 2.45) is 0 Å². The molecule has 7 heteroatoms. The highest BCUT2D eigenvalue weighted by Gasteiger charge is 2.35. The molecule has 1 aromatic rings. The molecule has 0 bridgehead atoms. The van der Waals surface area contributed by atoms with Crippen LogP contribution < -0.4 is 5.32 Å². The second-order valence-corrected chi connectivity index (χ2v) is 6.81. The smallest absolute Gasteiger partial charge is 0.338 e. The SMILES string of the molecule is C=CCN1C(=O)c2ccc(C(=O)O[C@H](C)C(=O)NC3CCCC3)cc2C1=O. The largest absolute Gasteiger partial charge is 0.449 e. The molecule has 0 radical (unpaired) electrons. The zero-order valence-corrected chi connectivity index (χ0v) is 15.2. The highest BCUT2D eigenvalue weighted by atomic mass is 16.5. The lowest BCUT2D eigenvalue weighted by Crippen LogP contribution is -2.40. The van der Waals surface area contributed by atoms with Gasteiger partial charge < -0.3 is 10.1 Å². The third kappa shape index (κ3) is 3.77. The van der Waals surface area contributed by atoms with Crippen molar-refractivity contribution in [2.75, 3.05) is 6.54 Å². The summed E-state index contributed by atoms with van der Waals surface area (Å²) >= 11 is 0. The Morgan fingerprint density at radius 2 is 1.93 bits per heavy atom. The lowest BCUT2D eigenvalue weighted by atomic mass is 10.1. The van der Waals surface area contributed by atoms with Gasteiger partial charge in [-0.25, -0.2) is 4.79 Å². The Labute approximate surface area is 157 Å². The summed E-state index contributed by atoms with van der Waals surface area (Å²) in [5, 5.41) is 2.88. The van der Waals surface area contributed by atoms with Crippen molar-refractivity contribution in [2.45, 2.75) is 44.8 Å². The standard InChI is InChI=1S/C20H22N2O5/c1-3-10-22-18(24)15-9-8-13(11-16(15)19(22)25)20(26)27-12(2)17(23)21-14-6-4-5-7-14/h3,8-9,11-12,14H,1,4-7,10H2,2H3,(H,21,23)/t12-/m1/s1. The Morgan fingerprint density at radius 3 is 2.59 bits per heavy atom. The van der Waals surface area contributed by atoms with Gasteiger partial charge in [0, 0.05) is 12.6 Å². The molecule has 7 nitrogen and oxygen atoms in total. The van der Waals surface area contributed by atoms with Crippen LogP contribution in [0, 0.1) is 0 Å². The normalized spacial score (nSPS) is 17.6. The summed E-state index contributed by atoms with van der Waals surface area (Å²) < 4.78 is 5.23. The molecule has 0 unspecified atom stereocenters. The number of nitrogens with zero attached hydrogens (tertiary/aromatic N) is 1. The van der Waals surface area contributed by atoms with Gasteiger partial charge in [0.1, 0.15) is 0 Å². The van der Waals surface area contributed by atoms with Crippen LogP contribution in [0.3, 0.4) is 0 Å². The highest BCUT2D eigenvalue weighted by molar-refractivity contribution is 6.22. The van der Waals surface area contributed by atoms with E-state index in [4.69, 9.17) is 4.74 Å². The van der Waals surface area contributed by atoms with E-state index in [9.17, 15) is 19.2 Å². The molecule has 0 aromatic heterocycles. The van der Waals surface area contributed by atoms with Gasteiger partial charge in [-0.2, -0.15) is 0 Å². The van der Waals surface area contributed by atoms with E-state index in [1.165, 1.54) is 31.2 Å². The molecule has 142 valence electrons. The first kappa shape index (κ1) is 18.8. The number of carbonyl (C=O) groups is 4. The number of esters is 1. The van der Waals surface area contributed by atoms with Crippen molar-refractivity contribution in [1.29, 1.82) is 0 Å². The number of fused-ring (bicyclic) bond motifs is 1. The molecule has 1 aromatic carbocycles. The molecule has 1 aliphatic carbocycles. The molecular formula is C20H22N2O5. The fourth-order valence-electron chi connectivity index (χ4n) is 3.38. The van der Waals surface area contributed by atoms with Gasteiger partial charge in [-0.1, -0.05) is 18.9 Å². The van der Waals surface area contributed by atoms with Crippen molar-refractivity contribution >= 4 is 23.7 Å². The van der Waals surface area contributed by atoms with Gasteiger partial charge in [-0.05, 0) is 38.0 Å². The summed E-state index contributed by atoms with van der Waals surface area (Å²) in [5.74, 6) is -1.94. The van der Waals surface area contributed by atoms with Crippen molar-refractivity contribution in [1.82, 2.24) is 10.2 Å². The van der Waals surface area contributed by atoms with E-state index in [2.05, 4.69) is 11.9 Å². The van der Waals surface area contributed by atoms with Crippen LogP contribution in [0.5, 0.6) is 0 Å². The lowest BCUT2D eigenvalue weighted by Gasteiger charge is -2.17. The van der Waals surface area contributed by atoms with Crippen LogP contribution in [0.2, 0.25) is 0 Å². The molecule has 1 aliphatic heterocycles. The molecule has 3 amide bonds. The molecule has 0 spiro atoms. The second-order valence-electron chi connectivity index (χ2n) is 6.81. The number of imide groups is 1. The first-order valence-electron chi connectivity index (χ1n) is 9.05. The number of rotatable bonds is 6. The number of hydrogen-bond acceptors (Lipinski definition) is 5. The molecule has 1 fully saturated rings. The molecule has 27 heavy (non-hydrogen) atoms. The minimum absolute atomic E-state index is 0.102. The van der Waals surface area contributed by atoms with Crippen LogP contribution in [-0.2, 0) is 9.53 Å². The fourth-order valence-corrected chi connectivity index (χ4v) is 3.38. The predicted octanol–water partition coefficient (Wildman–Crippen LogP) is 2.07. The average molecular weight is 370 g/mol. The number of carbonyl (C=O) groups excluding carboxylic acids is 4. The molecule has 2 aliphatic rings. The molecule has 1 heterocycles. The third-order valence-electron chi connectivity index (χ3n) is 4.87. The van der Waals surface area contributed by atoms with Gasteiger partial charge in [0.15, 0.2) is 6.10 Å². The summed E-state index contributed by atoms with van der Waals surface area (Å²) in [4.78, 5) is 50.1. The van der Waals surface area contributed by atoms with E-state index in [0.29, 0.717) is 0 Å². The van der Waals surface area contributed by atoms with Crippen molar-refractivity contribution in [3.63, 3.8) is 0 Å². The van der Waals surface area contributed by atoms with Crippen molar-refractivity contribution < 1.29 is 23.9 Å². The maximum Gasteiger partial charge on any atom is 0.338 e. The van der Waals surface area contributed by atoms with Crippen LogP contribution in [0.25, 0.3) is 0 Å². The van der Waals surface area contributed by atoms with Gasteiger partial charge >= 0.3 is 5.97 Å². The third-order valence-corrected chi connectivity index (χ3v) is 4.87. The topological polar surface area (TPSA) is 92.8 Å². The number of amides is 3. The van der Waals surface area contributed by atoms with Crippen LogP contribution >= 0.6 is 0 Å². The van der Waals surface area contributed by atoms with Crippen molar-refractivity contribution in [3.05, 3.63) is 47.5 Å². The van der Waals surface area contributed by atoms with E-state index in [1.54, 1.807) is 0 Å². The Hall–Kier alpha value is -2.96. The monoisotopic (exact) mass is 370 g/mol. The molecule has 1 saturated carbocycles. The summed E-state index contributed by atoms with van der Waals surface area (Å²) in [5.41, 5.74) is 0.514. The fraction of sp³-hybridized carbons (Fsp3) is 0.400. The summed E-state index contributed by atoms with van der Waals surface area (Å²) in [6.07, 6.45) is 4.57. The first-order chi connectivity index (χ1) is 12.9. The summed E-state index contributed by atoms with van der Waals surface area (Å²) in [6.45, 7) is 5.14. The van der Waals surface area contributed by atoms with Gasteiger partial charge in [0.05, 0.1) is 16.7 Å². The highest BCUT2D eigenvalue weighted by Crippen LogP contribution is 2.24. The second kappa shape index (κ2) is 7.73. The first-order valence-corrected chi connectivity index (χ1v) is 9.05. The maximum atomic E-state index is 12.4. The average Bonchev–Trinajstić information content (AvgIpc) is 3.24. The molecule has 0 saturated heterocycles. The number of hydrogen-bond donors (Lipinski definition) is 1.